The molecule has 1 aromatic carbocycles. The number of carboxylic acids is 1. The Balaban J connectivity index is 2.03. The van der Waals surface area contributed by atoms with E-state index < -0.39 is 17.3 Å². The van der Waals surface area contributed by atoms with Gasteiger partial charge in [0.2, 0.25) is 0 Å². The van der Waals surface area contributed by atoms with Gasteiger partial charge in [0.05, 0.1) is 11.6 Å². The summed E-state index contributed by atoms with van der Waals surface area (Å²) in [5, 5.41) is 18.8. The van der Waals surface area contributed by atoms with E-state index in [-0.39, 0.29) is 23.1 Å². The van der Waals surface area contributed by atoms with Crippen molar-refractivity contribution in [2.75, 3.05) is 18.8 Å². The Kier molecular flexibility index (Phi) is 5.03. The van der Waals surface area contributed by atoms with E-state index in [4.69, 9.17) is 15.6 Å². The van der Waals surface area contributed by atoms with Gasteiger partial charge in [0.1, 0.15) is 11.2 Å². The lowest BCUT2D eigenvalue weighted by atomic mass is 10.1. The number of ether oxygens (including phenoxy) is 1. The molecule has 1 unspecified atom stereocenters. The smallest absolute Gasteiger partial charge is 0.339 e. The van der Waals surface area contributed by atoms with Crippen molar-refractivity contribution in [3.8, 4) is 5.75 Å². The molecular weight excluding hydrogens is 312 g/mol. The van der Waals surface area contributed by atoms with Crippen molar-refractivity contribution in [1.29, 1.82) is 0 Å². The van der Waals surface area contributed by atoms with Crippen LogP contribution in [-0.2, 0) is 16.1 Å². The van der Waals surface area contributed by atoms with E-state index >= 15 is 0 Å². The highest BCUT2D eigenvalue weighted by Gasteiger charge is 2.32. The zero-order valence-corrected chi connectivity index (χ0v) is 14.2. The topological polar surface area (TPSA) is 113 Å². The maximum atomic E-state index is 12.1. The van der Waals surface area contributed by atoms with Crippen LogP contribution in [0, 0.1) is 5.92 Å². The van der Waals surface area contributed by atoms with E-state index in [2.05, 4.69) is 0 Å². The van der Waals surface area contributed by atoms with Crippen LogP contribution in [0.3, 0.4) is 0 Å². The Morgan fingerprint density at radius 2 is 2.04 bits per heavy atom. The lowest BCUT2D eigenvalue weighted by Crippen LogP contribution is -2.30. The Morgan fingerprint density at radius 3 is 2.62 bits per heavy atom. The molecule has 0 spiro atoms. The van der Waals surface area contributed by atoms with E-state index in [0.717, 1.165) is 0 Å². The SMILES string of the molecule is CC(C)(C)OC(=O)C1CCN(Cc2cc(N)c(O)c(C(=O)O)c2)C1. The minimum atomic E-state index is -1.23. The molecule has 1 aromatic rings. The molecule has 2 rings (SSSR count). The molecule has 0 aliphatic carbocycles. The zero-order valence-electron chi connectivity index (χ0n) is 14.2. The Hall–Kier alpha value is -2.28. The normalized spacial score (nSPS) is 18.5. The molecule has 4 N–H and O–H groups in total. The van der Waals surface area contributed by atoms with Gasteiger partial charge in [-0.15, -0.1) is 0 Å². The van der Waals surface area contributed by atoms with Crippen LogP contribution in [0.1, 0.15) is 43.1 Å². The lowest BCUT2D eigenvalue weighted by molar-refractivity contribution is -0.159. The highest BCUT2D eigenvalue weighted by atomic mass is 16.6. The van der Waals surface area contributed by atoms with Gasteiger partial charge in [0.15, 0.2) is 5.75 Å². The van der Waals surface area contributed by atoms with Gasteiger partial charge < -0.3 is 20.7 Å². The van der Waals surface area contributed by atoms with Crippen LogP contribution in [0.2, 0.25) is 0 Å². The average Bonchev–Trinajstić information content (AvgIpc) is 2.89. The van der Waals surface area contributed by atoms with Gasteiger partial charge >= 0.3 is 11.9 Å². The first-order chi connectivity index (χ1) is 11.1. The Labute approximate surface area is 141 Å². The van der Waals surface area contributed by atoms with Crippen LogP contribution in [0.25, 0.3) is 0 Å². The number of nitrogen functional groups attached to an aromatic ring is 1. The summed E-state index contributed by atoms with van der Waals surface area (Å²) in [7, 11) is 0. The highest BCUT2D eigenvalue weighted by molar-refractivity contribution is 5.93. The third-order valence-corrected chi connectivity index (χ3v) is 3.85. The van der Waals surface area contributed by atoms with Gasteiger partial charge in [-0.05, 0) is 51.4 Å². The fraction of sp³-hybridized carbons (Fsp3) is 0.529. The van der Waals surface area contributed by atoms with Crippen molar-refractivity contribution in [2.24, 2.45) is 5.92 Å². The number of carbonyl (C=O) groups excluding carboxylic acids is 1. The fourth-order valence-corrected chi connectivity index (χ4v) is 2.79. The predicted molar refractivity (Wildman–Crippen MR) is 88.7 cm³/mol. The van der Waals surface area contributed by atoms with Gasteiger partial charge in [-0.25, -0.2) is 4.79 Å². The first-order valence-corrected chi connectivity index (χ1v) is 7.86. The molecule has 0 bridgehead atoms. The van der Waals surface area contributed by atoms with E-state index in [1.54, 1.807) is 6.07 Å². The van der Waals surface area contributed by atoms with E-state index in [9.17, 15) is 14.7 Å². The van der Waals surface area contributed by atoms with Crippen molar-refractivity contribution >= 4 is 17.6 Å². The molecule has 1 saturated heterocycles. The summed E-state index contributed by atoms with van der Waals surface area (Å²) in [5.74, 6) is -2.03. The summed E-state index contributed by atoms with van der Waals surface area (Å²) >= 11 is 0. The van der Waals surface area contributed by atoms with Crippen molar-refractivity contribution in [2.45, 2.75) is 39.3 Å². The maximum Gasteiger partial charge on any atom is 0.339 e. The Bertz CT molecular complexity index is 651. The van der Waals surface area contributed by atoms with Crippen LogP contribution >= 0.6 is 0 Å². The summed E-state index contributed by atoms with van der Waals surface area (Å²) in [5.41, 5.74) is 5.67. The molecule has 1 aliphatic heterocycles. The lowest BCUT2D eigenvalue weighted by Gasteiger charge is -2.22. The number of hydrogen-bond acceptors (Lipinski definition) is 6. The molecule has 7 heteroatoms. The maximum absolute atomic E-state index is 12.1. The van der Waals surface area contributed by atoms with Crippen LogP contribution in [0.4, 0.5) is 5.69 Å². The van der Waals surface area contributed by atoms with Crippen LogP contribution in [0.15, 0.2) is 12.1 Å². The first kappa shape index (κ1) is 18.1. The summed E-state index contributed by atoms with van der Waals surface area (Å²) in [6.45, 7) is 7.24. The second kappa shape index (κ2) is 6.68. The largest absolute Gasteiger partial charge is 0.505 e. The number of likely N-dealkylation sites (tertiary alicyclic amines) is 1. The molecule has 0 saturated carbocycles. The molecule has 132 valence electrons. The molecule has 1 atom stereocenters. The third kappa shape index (κ3) is 4.38. The minimum absolute atomic E-state index is 0.0350. The van der Waals surface area contributed by atoms with Crippen molar-refractivity contribution < 1.29 is 24.5 Å². The molecule has 24 heavy (non-hydrogen) atoms. The van der Waals surface area contributed by atoms with Crippen LogP contribution < -0.4 is 5.73 Å². The number of phenols is 1. The minimum Gasteiger partial charge on any atom is -0.505 e. The molecule has 0 aromatic heterocycles. The second-order valence-corrected chi connectivity index (χ2v) is 7.14. The fourth-order valence-electron chi connectivity index (χ4n) is 2.79. The summed E-state index contributed by atoms with van der Waals surface area (Å²) in [4.78, 5) is 25.3. The van der Waals surface area contributed by atoms with Gasteiger partial charge in [-0.2, -0.15) is 0 Å². The van der Waals surface area contributed by atoms with Gasteiger partial charge in [-0.1, -0.05) is 0 Å². The van der Waals surface area contributed by atoms with Crippen LogP contribution in [0.5, 0.6) is 5.75 Å². The number of nitrogens with two attached hydrogens (primary N) is 1. The van der Waals surface area contributed by atoms with E-state index in [1.807, 2.05) is 25.7 Å². The molecule has 0 amide bonds. The monoisotopic (exact) mass is 336 g/mol. The molecular formula is C17H24N2O5. The molecule has 1 aliphatic rings. The number of benzene rings is 1. The number of anilines is 1. The van der Waals surface area contributed by atoms with E-state index in [1.165, 1.54) is 6.07 Å². The number of aromatic hydroxyl groups is 1. The quantitative estimate of drug-likeness (QED) is 0.437. The number of carboxylic acid groups (broad SMARTS) is 1. The summed E-state index contributed by atoms with van der Waals surface area (Å²) in [6.07, 6.45) is 0.703. The van der Waals surface area contributed by atoms with Gasteiger partial charge in [-0.3, -0.25) is 9.69 Å². The standard InChI is InChI=1S/C17H24N2O5/c1-17(2,3)24-16(23)11-4-5-19(9-11)8-10-6-12(15(21)22)14(20)13(18)7-10/h6-7,11,20H,4-5,8-9,18H2,1-3H3,(H,21,22). The molecule has 1 fully saturated rings. The first-order valence-electron chi connectivity index (χ1n) is 7.86. The van der Waals surface area contributed by atoms with Crippen molar-refractivity contribution in [1.82, 2.24) is 4.90 Å². The zero-order chi connectivity index (χ0) is 18.1. The highest BCUT2D eigenvalue weighted by Crippen LogP contribution is 2.29. The number of rotatable bonds is 4. The third-order valence-electron chi connectivity index (χ3n) is 3.85. The number of carbonyl (C=O) groups is 2. The molecule has 0 radical (unpaired) electrons. The van der Waals surface area contributed by atoms with Crippen molar-refractivity contribution in [3.63, 3.8) is 0 Å². The number of esters is 1. The van der Waals surface area contributed by atoms with E-state index in [0.29, 0.717) is 31.6 Å². The van der Waals surface area contributed by atoms with Crippen LogP contribution in [-0.4, -0.2) is 45.7 Å². The predicted octanol–water partition coefficient (Wildman–Crippen LogP) is 1.84. The molecule has 1 heterocycles. The van der Waals surface area contributed by atoms with Gasteiger partial charge in [0, 0.05) is 13.1 Å². The number of hydrogen-bond donors (Lipinski definition) is 3. The second-order valence-electron chi connectivity index (χ2n) is 7.14. The number of nitrogens with zero attached hydrogens (tertiary/aromatic N) is 1. The number of aromatic carboxylic acids is 1. The summed E-state index contributed by atoms with van der Waals surface area (Å²) < 4.78 is 5.41. The average molecular weight is 336 g/mol. The molecule has 7 nitrogen and oxygen atoms in total. The Morgan fingerprint density at radius 1 is 1.38 bits per heavy atom. The summed E-state index contributed by atoms with van der Waals surface area (Å²) in [6, 6.07) is 2.97. The van der Waals surface area contributed by atoms with Gasteiger partial charge in [0.25, 0.3) is 0 Å². The van der Waals surface area contributed by atoms with Crippen molar-refractivity contribution in [3.05, 3.63) is 23.3 Å².